The number of aliphatic hydroxyl groups is 1. The fourth-order valence-electron chi connectivity index (χ4n) is 8.23. The highest BCUT2D eigenvalue weighted by Gasteiger charge is 2.59. The van der Waals surface area contributed by atoms with Crippen molar-refractivity contribution in [2.75, 3.05) is 13.6 Å². The first-order valence-corrected chi connectivity index (χ1v) is 13.5. The smallest absolute Gasteiger partial charge is 0.309 e. The SMILES string of the molecule is CC.CC(C(=O)O)C(F)CCN(C)C1CCC2C3CC=C4CC(O)CCC4(C)C3CCC21C. The molecular weight excluding hydrogens is 417 g/mol. The van der Waals surface area contributed by atoms with Gasteiger partial charge in [0.25, 0.3) is 0 Å². The summed E-state index contributed by atoms with van der Waals surface area (Å²) in [6.45, 7) is 11.0. The molecule has 3 fully saturated rings. The number of nitrogens with zero attached hydrogens (tertiary/aromatic N) is 1. The predicted octanol–water partition coefficient (Wildman–Crippen LogP) is 6.09. The van der Waals surface area contributed by atoms with Crippen LogP contribution in [0.2, 0.25) is 0 Å². The van der Waals surface area contributed by atoms with E-state index in [4.69, 9.17) is 5.11 Å². The van der Waals surface area contributed by atoms with E-state index in [1.54, 1.807) is 0 Å². The molecule has 4 aliphatic carbocycles. The van der Waals surface area contributed by atoms with E-state index in [9.17, 15) is 14.3 Å². The Hall–Kier alpha value is -0.940. The molecule has 33 heavy (non-hydrogen) atoms. The third-order valence-corrected chi connectivity index (χ3v) is 10.2. The van der Waals surface area contributed by atoms with Crippen molar-refractivity contribution in [3.63, 3.8) is 0 Å². The average Bonchev–Trinajstić information content (AvgIpc) is 3.15. The maximum absolute atomic E-state index is 14.3. The molecule has 0 bridgehead atoms. The van der Waals surface area contributed by atoms with Crippen molar-refractivity contribution < 1.29 is 19.4 Å². The number of hydrogen-bond acceptors (Lipinski definition) is 3. The standard InChI is InChI=1S/C26H42FNO3.C2H6/c1-16(24(30)31)22(27)11-14-28(4)23-8-7-20-19-6-5-17-15-18(29)9-12-25(17,2)21(19)10-13-26(20,23)3;1-2/h5,16,18-23,29H,6-15H2,1-4H3,(H,30,31);1-2H3. The van der Waals surface area contributed by atoms with Gasteiger partial charge in [0.05, 0.1) is 12.0 Å². The molecule has 190 valence electrons. The summed E-state index contributed by atoms with van der Waals surface area (Å²) >= 11 is 0. The second kappa shape index (κ2) is 10.4. The summed E-state index contributed by atoms with van der Waals surface area (Å²) in [6, 6.07) is 0.456. The molecule has 0 radical (unpaired) electrons. The predicted molar refractivity (Wildman–Crippen MR) is 132 cm³/mol. The summed E-state index contributed by atoms with van der Waals surface area (Å²) in [7, 11) is 2.12. The average molecular weight is 466 g/mol. The summed E-state index contributed by atoms with van der Waals surface area (Å²) in [5, 5.41) is 19.3. The lowest BCUT2D eigenvalue weighted by Crippen LogP contribution is -2.53. The number of fused-ring (bicyclic) bond motifs is 5. The molecule has 0 heterocycles. The van der Waals surface area contributed by atoms with E-state index in [1.165, 1.54) is 38.2 Å². The van der Waals surface area contributed by atoms with Crippen LogP contribution >= 0.6 is 0 Å². The van der Waals surface area contributed by atoms with Crippen LogP contribution in [-0.4, -0.2) is 53.0 Å². The number of aliphatic carboxylic acids is 1. The van der Waals surface area contributed by atoms with Gasteiger partial charge < -0.3 is 15.1 Å². The lowest BCUT2D eigenvalue weighted by atomic mass is 9.48. The summed E-state index contributed by atoms with van der Waals surface area (Å²) in [5.41, 5.74) is 2.04. The summed E-state index contributed by atoms with van der Waals surface area (Å²) in [6.07, 6.45) is 10.3. The van der Waals surface area contributed by atoms with Crippen molar-refractivity contribution in [2.45, 2.75) is 111 Å². The second-order valence-electron chi connectivity index (χ2n) is 11.7. The van der Waals surface area contributed by atoms with E-state index in [0.717, 1.165) is 37.5 Å². The van der Waals surface area contributed by atoms with Crippen LogP contribution in [-0.2, 0) is 4.79 Å². The number of rotatable bonds is 6. The fraction of sp³-hybridized carbons (Fsp3) is 0.893. The zero-order chi connectivity index (χ0) is 24.6. The molecule has 9 atom stereocenters. The Bertz CT molecular complexity index is 726. The van der Waals surface area contributed by atoms with Gasteiger partial charge in [0.2, 0.25) is 0 Å². The molecule has 5 heteroatoms. The zero-order valence-electron chi connectivity index (χ0n) is 21.8. The van der Waals surface area contributed by atoms with Crippen molar-refractivity contribution in [1.82, 2.24) is 4.90 Å². The van der Waals surface area contributed by atoms with Gasteiger partial charge in [0.1, 0.15) is 6.17 Å². The van der Waals surface area contributed by atoms with E-state index in [0.29, 0.717) is 24.9 Å². The van der Waals surface area contributed by atoms with Crippen LogP contribution in [0, 0.1) is 34.5 Å². The molecule has 0 aromatic carbocycles. The maximum atomic E-state index is 14.3. The van der Waals surface area contributed by atoms with Gasteiger partial charge in [-0.15, -0.1) is 0 Å². The van der Waals surface area contributed by atoms with Crippen LogP contribution in [0.4, 0.5) is 4.39 Å². The minimum atomic E-state index is -1.29. The zero-order valence-corrected chi connectivity index (χ0v) is 21.8. The number of carboxylic acid groups (broad SMARTS) is 1. The number of allylic oxidation sites excluding steroid dienone is 1. The first kappa shape index (κ1) is 26.7. The Labute approximate surface area is 201 Å². The highest BCUT2D eigenvalue weighted by atomic mass is 19.1. The molecule has 0 aromatic heterocycles. The highest BCUT2D eigenvalue weighted by Crippen LogP contribution is 2.65. The Morgan fingerprint density at radius 3 is 2.55 bits per heavy atom. The lowest BCUT2D eigenvalue weighted by molar-refractivity contribution is -0.143. The van der Waals surface area contributed by atoms with Crippen LogP contribution in [0.15, 0.2) is 11.6 Å². The Morgan fingerprint density at radius 2 is 1.88 bits per heavy atom. The van der Waals surface area contributed by atoms with Gasteiger partial charge >= 0.3 is 5.97 Å². The molecule has 9 unspecified atom stereocenters. The van der Waals surface area contributed by atoms with Crippen molar-refractivity contribution in [2.24, 2.45) is 34.5 Å². The molecule has 0 aliphatic heterocycles. The Balaban J connectivity index is 0.00000149. The quantitative estimate of drug-likeness (QED) is 0.466. The lowest BCUT2D eigenvalue weighted by Gasteiger charge is -2.58. The molecular formula is C28H48FNO3. The van der Waals surface area contributed by atoms with Gasteiger partial charge in [-0.1, -0.05) is 39.3 Å². The number of carboxylic acids is 1. The van der Waals surface area contributed by atoms with Crippen LogP contribution < -0.4 is 0 Å². The van der Waals surface area contributed by atoms with Gasteiger partial charge in [-0.05, 0) is 100 Å². The molecule has 4 nitrogen and oxygen atoms in total. The normalized spacial score (nSPS) is 41.6. The third-order valence-electron chi connectivity index (χ3n) is 10.2. The first-order chi connectivity index (χ1) is 15.6. The molecule has 0 aromatic rings. The van der Waals surface area contributed by atoms with Gasteiger partial charge in [-0.2, -0.15) is 0 Å². The summed E-state index contributed by atoms with van der Waals surface area (Å²) in [5.74, 6) is 0.179. The van der Waals surface area contributed by atoms with E-state index >= 15 is 0 Å². The van der Waals surface area contributed by atoms with Crippen LogP contribution in [0.1, 0.15) is 92.4 Å². The van der Waals surface area contributed by atoms with Gasteiger partial charge in [-0.25, -0.2) is 4.39 Å². The molecule has 0 spiro atoms. The number of aliphatic hydroxyl groups excluding tert-OH is 1. The number of alkyl halides is 1. The minimum Gasteiger partial charge on any atom is -0.481 e. The maximum Gasteiger partial charge on any atom is 0.309 e. The fourth-order valence-corrected chi connectivity index (χ4v) is 8.23. The third kappa shape index (κ3) is 4.78. The topological polar surface area (TPSA) is 60.8 Å². The van der Waals surface area contributed by atoms with Crippen molar-refractivity contribution in [1.29, 1.82) is 0 Å². The van der Waals surface area contributed by atoms with Crippen LogP contribution in [0.3, 0.4) is 0 Å². The van der Waals surface area contributed by atoms with Gasteiger partial charge in [-0.3, -0.25) is 4.79 Å². The Kier molecular flexibility index (Phi) is 8.37. The molecule has 2 N–H and O–H groups in total. The summed E-state index contributed by atoms with van der Waals surface area (Å²) in [4.78, 5) is 13.4. The molecule has 0 saturated heterocycles. The van der Waals surface area contributed by atoms with Gasteiger partial charge in [0.15, 0.2) is 0 Å². The van der Waals surface area contributed by atoms with E-state index in [-0.39, 0.29) is 16.9 Å². The monoisotopic (exact) mass is 465 g/mol. The molecule has 0 amide bonds. The van der Waals surface area contributed by atoms with E-state index in [2.05, 4.69) is 31.9 Å². The van der Waals surface area contributed by atoms with Crippen molar-refractivity contribution >= 4 is 5.97 Å². The van der Waals surface area contributed by atoms with Crippen molar-refractivity contribution in [3.05, 3.63) is 11.6 Å². The van der Waals surface area contributed by atoms with Crippen molar-refractivity contribution in [3.8, 4) is 0 Å². The first-order valence-electron chi connectivity index (χ1n) is 13.5. The summed E-state index contributed by atoms with van der Waals surface area (Å²) < 4.78 is 14.3. The number of carbonyl (C=O) groups is 1. The number of halogens is 1. The highest BCUT2D eigenvalue weighted by molar-refractivity contribution is 5.70. The van der Waals surface area contributed by atoms with Crippen LogP contribution in [0.5, 0.6) is 0 Å². The molecule has 3 saturated carbocycles. The molecule has 4 rings (SSSR count). The number of hydrogen-bond donors (Lipinski definition) is 2. The van der Waals surface area contributed by atoms with Crippen LogP contribution in [0.25, 0.3) is 0 Å². The Morgan fingerprint density at radius 1 is 1.18 bits per heavy atom. The van der Waals surface area contributed by atoms with E-state index in [1.807, 2.05) is 13.8 Å². The van der Waals surface area contributed by atoms with Gasteiger partial charge in [0, 0.05) is 12.6 Å². The van der Waals surface area contributed by atoms with E-state index < -0.39 is 18.1 Å². The molecule has 4 aliphatic rings. The minimum absolute atomic E-state index is 0.155. The largest absolute Gasteiger partial charge is 0.481 e. The second-order valence-corrected chi connectivity index (χ2v) is 11.7.